The van der Waals surface area contributed by atoms with E-state index in [4.69, 9.17) is 16.3 Å². The maximum atomic E-state index is 14.1. The zero-order chi connectivity index (χ0) is 28.6. The number of alkyl halides is 2. The van der Waals surface area contributed by atoms with E-state index in [1.54, 1.807) is 16.4 Å². The lowest BCUT2D eigenvalue weighted by Gasteiger charge is -2.63. The molecule has 1 aromatic carbocycles. The van der Waals surface area contributed by atoms with Gasteiger partial charge in [0.2, 0.25) is 0 Å². The highest BCUT2D eigenvalue weighted by molar-refractivity contribution is 6.44. The number of Topliss-reactive ketones (excluding diaryl/α,β-unsaturated/α-hetero) is 1. The van der Waals surface area contributed by atoms with E-state index in [-0.39, 0.29) is 27.5 Å². The molecule has 13 heteroatoms. The lowest BCUT2D eigenvalue weighted by atomic mass is 9.69. The van der Waals surface area contributed by atoms with Gasteiger partial charge in [-0.05, 0) is 49.9 Å². The predicted molar refractivity (Wildman–Crippen MR) is 137 cm³/mol. The van der Waals surface area contributed by atoms with E-state index in [1.165, 1.54) is 12.1 Å². The average molecular weight is 581 g/mol. The van der Waals surface area contributed by atoms with E-state index < -0.39 is 59.5 Å². The molecule has 1 aromatic heterocycles. The number of amides is 2. The van der Waals surface area contributed by atoms with Crippen LogP contribution in [0.25, 0.3) is 0 Å². The van der Waals surface area contributed by atoms with Crippen molar-refractivity contribution in [2.45, 2.75) is 68.8 Å². The Labute approximate surface area is 232 Å². The van der Waals surface area contributed by atoms with E-state index in [2.05, 4.69) is 10.6 Å². The molecule has 3 aliphatic heterocycles. The van der Waals surface area contributed by atoms with Crippen molar-refractivity contribution in [1.82, 2.24) is 14.8 Å². The number of nitrogens with zero attached hydrogens (tertiary/aromatic N) is 2. The van der Waals surface area contributed by atoms with Crippen molar-refractivity contribution in [3.63, 3.8) is 0 Å². The Bertz CT molecular complexity index is 1430. The molecule has 2 saturated heterocycles. The molecule has 4 heterocycles. The van der Waals surface area contributed by atoms with Gasteiger partial charge in [0.15, 0.2) is 0 Å². The maximum absolute atomic E-state index is 14.1. The molecule has 4 aliphatic rings. The van der Waals surface area contributed by atoms with Gasteiger partial charge in [-0.2, -0.15) is 0 Å². The number of halogens is 4. The van der Waals surface area contributed by atoms with Gasteiger partial charge in [0.1, 0.15) is 17.7 Å². The Morgan fingerprint density at radius 3 is 2.48 bits per heavy atom. The number of nitrogens with one attached hydrogen (secondary N) is 2. The summed E-state index contributed by atoms with van der Waals surface area (Å²) < 4.78 is 48.8. The number of ether oxygens (including phenoxy) is 1. The van der Waals surface area contributed by atoms with Crippen molar-refractivity contribution in [1.29, 1.82) is 0 Å². The quantitative estimate of drug-likeness (QED) is 0.343. The van der Waals surface area contributed by atoms with Gasteiger partial charge in [0, 0.05) is 37.3 Å². The summed E-state index contributed by atoms with van der Waals surface area (Å²) in [6.45, 7) is 3.18. The topological polar surface area (TPSA) is 113 Å². The average Bonchev–Trinajstić information content (AvgIpc) is 3.37. The number of carbonyl (C=O) groups excluding carboxylic acids is 3. The van der Waals surface area contributed by atoms with Gasteiger partial charge >= 0.3 is 0 Å². The standard InChI is InChI=1S/C27H28ClF3N4O5/c1-14-19(18-3-2-7-34(18)20(14)22(37)32-15-4-5-17(29)16(28)9-15)21(36)23(38)33-26(10-27(30,31)11-26)24(39)35-8-6-25(35)12-40-13-25/h4-5,9,24,39H,2-3,6-8,10-13H2,1H3,(H,32,37)(H,33,38). The second kappa shape index (κ2) is 9.30. The van der Waals surface area contributed by atoms with E-state index in [1.807, 2.05) is 0 Å². The Balaban J connectivity index is 1.25. The zero-order valence-corrected chi connectivity index (χ0v) is 22.4. The molecule has 6 rings (SSSR count). The van der Waals surface area contributed by atoms with Crippen LogP contribution in [-0.2, 0) is 22.5 Å². The molecule has 1 unspecified atom stereocenters. The first-order valence-electron chi connectivity index (χ1n) is 13.1. The van der Waals surface area contributed by atoms with Crippen LogP contribution in [0.5, 0.6) is 0 Å². The molecular formula is C27H28ClF3N4O5. The molecule has 0 bridgehead atoms. The molecular weight excluding hydrogens is 553 g/mol. The number of aromatic nitrogens is 1. The number of rotatable bonds is 7. The summed E-state index contributed by atoms with van der Waals surface area (Å²) in [7, 11) is 0. The first kappa shape index (κ1) is 27.3. The lowest BCUT2D eigenvalue weighted by molar-refractivity contribution is -0.279. The number of aliphatic hydroxyl groups is 1. The number of fused-ring (bicyclic) bond motifs is 1. The molecule has 2 aromatic rings. The Hall–Kier alpha value is -2.93. The number of benzene rings is 1. The van der Waals surface area contributed by atoms with Crippen molar-refractivity contribution < 1.29 is 37.4 Å². The highest BCUT2D eigenvalue weighted by atomic mass is 35.5. The number of anilines is 1. The summed E-state index contributed by atoms with van der Waals surface area (Å²) in [4.78, 5) is 41.8. The third-order valence-electron chi connectivity index (χ3n) is 8.70. The third-order valence-corrected chi connectivity index (χ3v) is 8.99. The number of hydrogen-bond acceptors (Lipinski definition) is 6. The lowest BCUT2D eigenvalue weighted by Crippen LogP contribution is -2.80. The van der Waals surface area contributed by atoms with Gasteiger partial charge in [0.05, 0.1) is 34.9 Å². The highest BCUT2D eigenvalue weighted by Gasteiger charge is 2.66. The number of aliphatic hydroxyl groups excluding tert-OH is 1. The zero-order valence-electron chi connectivity index (χ0n) is 21.7. The molecule has 3 N–H and O–H groups in total. The molecule has 214 valence electrons. The maximum Gasteiger partial charge on any atom is 0.293 e. The van der Waals surface area contributed by atoms with E-state index in [0.29, 0.717) is 44.8 Å². The molecule has 0 radical (unpaired) electrons. The SMILES string of the molecule is Cc1c(C(=O)C(=O)NC2(C(O)N3CCC34COC4)CC(F)(F)C2)c2n(c1C(=O)Nc1ccc(F)c(Cl)c1)CCC2. The fraction of sp³-hybridized carbons (Fsp3) is 0.519. The van der Waals surface area contributed by atoms with Crippen LogP contribution in [0, 0.1) is 12.7 Å². The fourth-order valence-electron chi connectivity index (χ4n) is 6.57. The Morgan fingerprint density at radius 1 is 1.18 bits per heavy atom. The van der Waals surface area contributed by atoms with Crippen molar-refractivity contribution in [2.24, 2.45) is 0 Å². The van der Waals surface area contributed by atoms with Gasteiger partial charge in [0.25, 0.3) is 23.5 Å². The van der Waals surface area contributed by atoms with Gasteiger partial charge < -0.3 is 25.0 Å². The summed E-state index contributed by atoms with van der Waals surface area (Å²) in [5, 5.41) is 16.1. The summed E-state index contributed by atoms with van der Waals surface area (Å²) in [6, 6.07) is 3.72. The van der Waals surface area contributed by atoms with Gasteiger partial charge in [-0.15, -0.1) is 0 Å². The minimum absolute atomic E-state index is 0.0424. The Kier molecular flexibility index (Phi) is 6.34. The van der Waals surface area contributed by atoms with Gasteiger partial charge in [-0.1, -0.05) is 11.6 Å². The third kappa shape index (κ3) is 4.15. The van der Waals surface area contributed by atoms with Crippen LogP contribution in [0.1, 0.15) is 57.8 Å². The molecule has 40 heavy (non-hydrogen) atoms. The van der Waals surface area contributed by atoms with Crippen LogP contribution in [-0.4, -0.2) is 75.2 Å². The van der Waals surface area contributed by atoms with Crippen molar-refractivity contribution in [3.8, 4) is 0 Å². The van der Waals surface area contributed by atoms with Crippen molar-refractivity contribution in [3.05, 3.63) is 51.6 Å². The summed E-state index contributed by atoms with van der Waals surface area (Å²) in [6.07, 6.45) is -1.19. The van der Waals surface area contributed by atoms with E-state index >= 15 is 0 Å². The number of hydrogen-bond donors (Lipinski definition) is 3. The molecule has 3 fully saturated rings. The molecule has 1 saturated carbocycles. The van der Waals surface area contributed by atoms with Crippen LogP contribution in [0.2, 0.25) is 5.02 Å². The smallest absolute Gasteiger partial charge is 0.293 e. The first-order valence-corrected chi connectivity index (χ1v) is 13.5. The molecule has 1 spiro atoms. The summed E-state index contributed by atoms with van der Waals surface area (Å²) >= 11 is 5.82. The van der Waals surface area contributed by atoms with Crippen molar-refractivity contribution in [2.75, 3.05) is 25.1 Å². The molecule has 2 amide bonds. The van der Waals surface area contributed by atoms with Crippen LogP contribution < -0.4 is 10.6 Å². The molecule has 9 nitrogen and oxygen atoms in total. The van der Waals surface area contributed by atoms with Crippen molar-refractivity contribution >= 4 is 34.9 Å². The molecule has 1 aliphatic carbocycles. The number of ketones is 1. The Morgan fingerprint density at radius 2 is 1.90 bits per heavy atom. The van der Waals surface area contributed by atoms with E-state index in [0.717, 1.165) is 12.5 Å². The monoisotopic (exact) mass is 580 g/mol. The minimum Gasteiger partial charge on any atom is -0.377 e. The summed E-state index contributed by atoms with van der Waals surface area (Å²) in [5.41, 5.74) is -0.898. The van der Waals surface area contributed by atoms with Crippen LogP contribution in [0.3, 0.4) is 0 Å². The second-order valence-corrected chi connectivity index (χ2v) is 11.7. The minimum atomic E-state index is -3.09. The van der Waals surface area contributed by atoms with Crippen LogP contribution in [0.4, 0.5) is 18.9 Å². The second-order valence-electron chi connectivity index (χ2n) is 11.3. The van der Waals surface area contributed by atoms with E-state index in [9.17, 15) is 32.7 Å². The fourth-order valence-corrected chi connectivity index (χ4v) is 6.75. The first-order chi connectivity index (χ1) is 18.9. The highest BCUT2D eigenvalue weighted by Crippen LogP contribution is 2.51. The number of likely N-dealkylation sites (tertiary alicyclic amines) is 1. The van der Waals surface area contributed by atoms with Crippen LogP contribution >= 0.6 is 11.6 Å². The van der Waals surface area contributed by atoms with Gasteiger partial charge in [-0.25, -0.2) is 13.2 Å². The largest absolute Gasteiger partial charge is 0.377 e. The van der Waals surface area contributed by atoms with Crippen LogP contribution in [0.15, 0.2) is 18.2 Å². The summed E-state index contributed by atoms with van der Waals surface area (Å²) in [5.74, 6) is -6.38. The van der Waals surface area contributed by atoms with Gasteiger partial charge in [-0.3, -0.25) is 19.3 Å². The number of carbonyl (C=O) groups is 3. The predicted octanol–water partition coefficient (Wildman–Crippen LogP) is 3.05. The normalized spacial score (nSPS) is 22.4. The molecule has 1 atom stereocenters.